The number of nitrogens with zero attached hydrogens (tertiary/aromatic N) is 1. The predicted octanol–water partition coefficient (Wildman–Crippen LogP) is 7.53. The Kier molecular flexibility index (Phi) is 7.99. The van der Waals surface area contributed by atoms with E-state index >= 15 is 0 Å². The smallest absolute Gasteiger partial charge is 0.416 e. The second-order valence-corrected chi connectivity index (χ2v) is 10.3. The number of halogens is 4. The number of amides is 1. The van der Waals surface area contributed by atoms with Gasteiger partial charge in [0.1, 0.15) is 28.2 Å². The van der Waals surface area contributed by atoms with Gasteiger partial charge in [0.05, 0.1) is 22.8 Å². The molecule has 2 heterocycles. The Bertz CT molecular complexity index is 1470. The van der Waals surface area contributed by atoms with Gasteiger partial charge in [-0.25, -0.2) is 4.79 Å². The molecule has 1 N–H and O–H groups in total. The first-order chi connectivity index (χ1) is 18.0. The third-order valence-electron chi connectivity index (χ3n) is 6.06. The van der Waals surface area contributed by atoms with Gasteiger partial charge < -0.3 is 14.5 Å². The molecule has 1 aliphatic rings. The lowest BCUT2D eigenvalue weighted by atomic mass is 9.88. The number of hydrogen-bond acceptors (Lipinski definition) is 6. The molecule has 1 aromatic carbocycles. The number of rotatable bonds is 6. The molecule has 3 aromatic rings. The number of nitriles is 1. The lowest BCUT2D eigenvalue weighted by Gasteiger charge is -2.18. The molecule has 0 aliphatic heterocycles. The third-order valence-corrected chi connectivity index (χ3v) is 7.56. The number of thiophene rings is 1. The fourth-order valence-corrected chi connectivity index (χ4v) is 5.79. The van der Waals surface area contributed by atoms with E-state index < -0.39 is 23.6 Å². The minimum Gasteiger partial charge on any atom is -0.462 e. The van der Waals surface area contributed by atoms with Gasteiger partial charge in [-0.15, -0.1) is 11.3 Å². The highest BCUT2D eigenvalue weighted by Gasteiger charge is 2.32. The summed E-state index contributed by atoms with van der Waals surface area (Å²) in [5.41, 5.74) is -0.0352. The Labute approximate surface area is 225 Å². The van der Waals surface area contributed by atoms with Crippen molar-refractivity contribution in [1.82, 2.24) is 0 Å². The largest absolute Gasteiger partial charge is 0.462 e. The molecule has 6 nitrogen and oxygen atoms in total. The van der Waals surface area contributed by atoms with Gasteiger partial charge in [0.2, 0.25) is 0 Å². The van der Waals surface area contributed by atoms with E-state index in [1.54, 1.807) is 13.0 Å². The van der Waals surface area contributed by atoms with E-state index in [0.717, 1.165) is 41.5 Å². The van der Waals surface area contributed by atoms with Gasteiger partial charge in [-0.1, -0.05) is 18.5 Å². The van der Waals surface area contributed by atoms with Gasteiger partial charge in [0.15, 0.2) is 0 Å². The van der Waals surface area contributed by atoms with Crippen LogP contribution >= 0.6 is 22.9 Å². The summed E-state index contributed by atoms with van der Waals surface area (Å²) in [7, 11) is 0. The van der Waals surface area contributed by atoms with Crippen LogP contribution in [0.15, 0.2) is 40.3 Å². The first-order valence-electron chi connectivity index (χ1n) is 11.7. The summed E-state index contributed by atoms with van der Waals surface area (Å²) in [6.07, 6.45) is -1.03. The molecule has 0 spiro atoms. The number of furan rings is 1. The molecule has 0 radical (unpaired) electrons. The summed E-state index contributed by atoms with van der Waals surface area (Å²) in [6, 6.07) is 7.46. The van der Waals surface area contributed by atoms with E-state index in [2.05, 4.69) is 12.2 Å². The van der Waals surface area contributed by atoms with Gasteiger partial charge in [0.25, 0.3) is 5.91 Å². The van der Waals surface area contributed by atoms with E-state index in [9.17, 15) is 28.0 Å². The molecule has 11 heteroatoms. The Balaban J connectivity index is 1.62. The topological polar surface area (TPSA) is 92.3 Å². The van der Waals surface area contributed by atoms with Crippen LogP contribution in [0.5, 0.6) is 0 Å². The molecule has 1 atom stereocenters. The van der Waals surface area contributed by atoms with Gasteiger partial charge in [-0.3, -0.25) is 4.79 Å². The van der Waals surface area contributed by atoms with Crippen molar-refractivity contribution in [2.75, 3.05) is 11.9 Å². The molecule has 2 aromatic heterocycles. The molecule has 0 saturated carbocycles. The van der Waals surface area contributed by atoms with Gasteiger partial charge >= 0.3 is 12.1 Å². The van der Waals surface area contributed by atoms with Crippen LogP contribution in [0.25, 0.3) is 17.4 Å². The Morgan fingerprint density at radius 3 is 2.76 bits per heavy atom. The SMILES string of the molecule is CCOC(=O)c1c(NC(=O)/C(C#N)=C/c2ccc(-c3cc(C(F)(F)F)ccc3Cl)o2)sc2c1CCC(C)C2. The number of hydrogen-bond donors (Lipinski definition) is 1. The fourth-order valence-electron chi connectivity index (χ4n) is 4.18. The molecular weight excluding hydrogens is 541 g/mol. The minimum atomic E-state index is -4.57. The summed E-state index contributed by atoms with van der Waals surface area (Å²) >= 11 is 7.37. The maximum atomic E-state index is 13.1. The van der Waals surface area contributed by atoms with E-state index in [4.69, 9.17) is 20.8 Å². The molecule has 0 bridgehead atoms. The summed E-state index contributed by atoms with van der Waals surface area (Å²) < 4.78 is 50.2. The maximum Gasteiger partial charge on any atom is 0.416 e. The van der Waals surface area contributed by atoms with Crippen LogP contribution < -0.4 is 5.32 Å². The Morgan fingerprint density at radius 2 is 2.08 bits per heavy atom. The summed E-state index contributed by atoms with van der Waals surface area (Å²) in [4.78, 5) is 26.7. The number of fused-ring (bicyclic) bond motifs is 1. The van der Waals surface area contributed by atoms with Crippen LogP contribution in [-0.4, -0.2) is 18.5 Å². The molecular formula is C27H22ClF3N2O4S. The van der Waals surface area contributed by atoms with E-state index in [1.807, 2.05) is 0 Å². The second kappa shape index (κ2) is 11.1. The molecule has 38 heavy (non-hydrogen) atoms. The number of carbonyl (C=O) groups excluding carboxylic acids is 2. The van der Waals surface area contributed by atoms with Crippen LogP contribution in [0.3, 0.4) is 0 Å². The van der Waals surface area contributed by atoms with Crippen molar-refractivity contribution in [2.24, 2.45) is 5.92 Å². The van der Waals surface area contributed by atoms with Crippen LogP contribution in [0.2, 0.25) is 5.02 Å². The van der Waals surface area contributed by atoms with E-state index in [0.29, 0.717) is 22.9 Å². The second-order valence-electron chi connectivity index (χ2n) is 8.79. The van der Waals surface area contributed by atoms with Crippen LogP contribution in [0, 0.1) is 17.2 Å². The summed E-state index contributed by atoms with van der Waals surface area (Å²) in [5, 5.41) is 12.7. The normalized spacial score (nSPS) is 15.5. The Hall–Kier alpha value is -3.55. The lowest BCUT2D eigenvalue weighted by Crippen LogP contribution is -2.17. The van der Waals surface area contributed by atoms with Crippen molar-refractivity contribution in [1.29, 1.82) is 5.26 Å². The first-order valence-corrected chi connectivity index (χ1v) is 12.9. The van der Waals surface area contributed by atoms with Crippen molar-refractivity contribution in [3.8, 4) is 17.4 Å². The average Bonchev–Trinajstić information content (AvgIpc) is 3.46. The average molecular weight is 563 g/mol. The summed E-state index contributed by atoms with van der Waals surface area (Å²) in [5.74, 6) is -0.765. The minimum absolute atomic E-state index is 0.0153. The van der Waals surface area contributed by atoms with Crippen LogP contribution in [-0.2, 0) is 28.5 Å². The van der Waals surface area contributed by atoms with Gasteiger partial charge in [-0.05, 0) is 68.0 Å². The van der Waals surface area contributed by atoms with E-state index in [-0.39, 0.29) is 34.3 Å². The zero-order chi connectivity index (χ0) is 27.6. The molecule has 4 rings (SSSR count). The summed E-state index contributed by atoms with van der Waals surface area (Å²) in [6.45, 7) is 3.98. The number of alkyl halides is 3. The number of ether oxygens (including phenoxy) is 1. The van der Waals surface area contributed by atoms with Gasteiger partial charge in [0, 0.05) is 16.5 Å². The number of nitrogens with one attached hydrogen (secondary N) is 1. The molecule has 0 saturated heterocycles. The number of benzene rings is 1. The monoisotopic (exact) mass is 562 g/mol. The van der Waals surface area contributed by atoms with Crippen LogP contribution in [0.1, 0.15) is 52.4 Å². The van der Waals surface area contributed by atoms with Crippen molar-refractivity contribution in [2.45, 2.75) is 39.3 Å². The first kappa shape index (κ1) is 27.5. The van der Waals surface area contributed by atoms with Gasteiger partial charge in [-0.2, -0.15) is 18.4 Å². The van der Waals surface area contributed by atoms with Crippen molar-refractivity contribution >= 4 is 45.9 Å². The van der Waals surface area contributed by atoms with Crippen molar-refractivity contribution in [3.63, 3.8) is 0 Å². The van der Waals surface area contributed by atoms with E-state index in [1.165, 1.54) is 29.5 Å². The molecule has 0 fully saturated rings. The zero-order valence-electron chi connectivity index (χ0n) is 20.4. The molecule has 1 aliphatic carbocycles. The zero-order valence-corrected chi connectivity index (χ0v) is 21.9. The number of anilines is 1. The maximum absolute atomic E-state index is 13.1. The fraction of sp³-hybridized carbons (Fsp3) is 0.296. The highest BCUT2D eigenvalue weighted by atomic mass is 35.5. The lowest BCUT2D eigenvalue weighted by molar-refractivity contribution is -0.137. The molecule has 1 unspecified atom stereocenters. The number of esters is 1. The van der Waals surface area contributed by atoms with Crippen molar-refractivity contribution in [3.05, 3.63) is 68.3 Å². The Morgan fingerprint density at radius 1 is 1.32 bits per heavy atom. The number of carbonyl (C=O) groups is 2. The predicted molar refractivity (Wildman–Crippen MR) is 138 cm³/mol. The quantitative estimate of drug-likeness (QED) is 0.190. The molecule has 1 amide bonds. The standard InChI is InChI=1S/C27H22ClF3N2O4S/c1-3-36-26(35)23-18-7-4-14(2)10-22(18)38-25(23)33-24(34)15(13-32)11-17-6-9-21(37-17)19-12-16(27(29,30)31)5-8-20(19)28/h5-6,8-9,11-12,14H,3-4,7,10H2,1-2H3,(H,33,34)/b15-11+. The molecule has 198 valence electrons. The highest BCUT2D eigenvalue weighted by Crippen LogP contribution is 2.40. The van der Waals surface area contributed by atoms with Crippen molar-refractivity contribution < 1.29 is 31.9 Å². The highest BCUT2D eigenvalue weighted by molar-refractivity contribution is 7.17. The van der Waals surface area contributed by atoms with Crippen LogP contribution in [0.4, 0.5) is 18.2 Å². The third kappa shape index (κ3) is 5.79.